The molecule has 0 aromatic carbocycles. The molecule has 0 bridgehead atoms. The number of alkyl halides is 4. The minimum Gasteiger partial charge on any atom is -0.367 e. The zero-order chi connectivity index (χ0) is 14.6. The van der Waals surface area contributed by atoms with Gasteiger partial charge in [0.2, 0.25) is 0 Å². The Morgan fingerprint density at radius 1 is 1.47 bits per heavy atom. The van der Waals surface area contributed by atoms with E-state index in [1.807, 2.05) is 0 Å². The van der Waals surface area contributed by atoms with E-state index in [0.717, 1.165) is 0 Å². The van der Waals surface area contributed by atoms with Gasteiger partial charge in [0, 0.05) is 6.20 Å². The van der Waals surface area contributed by atoms with E-state index in [4.69, 9.17) is 0 Å². The first kappa shape index (κ1) is 15.5. The molecule has 1 rings (SSSR count). The molecule has 19 heavy (non-hydrogen) atoms. The molecular weight excluding hydrogens is 268 g/mol. The van der Waals surface area contributed by atoms with Crippen molar-refractivity contribution in [2.75, 3.05) is 6.61 Å². The third-order valence-electron chi connectivity index (χ3n) is 2.25. The fraction of sp³-hybridized carbons (Fsp3) is 0.545. The summed E-state index contributed by atoms with van der Waals surface area (Å²) in [5, 5.41) is 0. The van der Waals surface area contributed by atoms with Crippen molar-refractivity contribution in [1.82, 2.24) is 9.97 Å². The van der Waals surface area contributed by atoms with Gasteiger partial charge in [0.15, 0.2) is 11.6 Å². The number of halogens is 4. The van der Waals surface area contributed by atoms with Gasteiger partial charge >= 0.3 is 12.3 Å². The predicted octanol–water partition coefficient (Wildman–Crippen LogP) is 2.40. The maximum atomic E-state index is 12.5. The van der Waals surface area contributed by atoms with Crippen LogP contribution < -0.4 is 0 Å². The van der Waals surface area contributed by atoms with Gasteiger partial charge < -0.3 is 4.74 Å². The molecule has 0 unspecified atom stereocenters. The number of rotatable bonds is 6. The third-order valence-corrected chi connectivity index (χ3v) is 2.25. The summed E-state index contributed by atoms with van der Waals surface area (Å²) >= 11 is 0. The van der Waals surface area contributed by atoms with Crippen molar-refractivity contribution in [3.63, 3.8) is 0 Å². The highest BCUT2D eigenvalue weighted by Gasteiger charge is 2.40. The Bertz CT molecular complexity index is 466. The number of carbonyl (C=O) groups is 1. The lowest BCUT2D eigenvalue weighted by atomic mass is 10.2. The molecule has 0 N–H and O–H groups in total. The average Bonchev–Trinajstić information content (AvgIpc) is 2.28. The molecule has 0 amide bonds. The van der Waals surface area contributed by atoms with Gasteiger partial charge in [-0.3, -0.25) is 4.79 Å². The Balaban J connectivity index is 2.60. The molecule has 0 saturated heterocycles. The van der Waals surface area contributed by atoms with Gasteiger partial charge in [0.05, 0.1) is 11.3 Å². The summed E-state index contributed by atoms with van der Waals surface area (Å²) in [6.45, 7) is 1.05. The molecule has 0 radical (unpaired) electrons. The van der Waals surface area contributed by atoms with Gasteiger partial charge in [0.25, 0.3) is 0 Å². The predicted molar refractivity (Wildman–Crippen MR) is 57.4 cm³/mol. The van der Waals surface area contributed by atoms with Crippen LogP contribution in [0.15, 0.2) is 6.20 Å². The Morgan fingerprint density at radius 3 is 2.58 bits per heavy atom. The summed E-state index contributed by atoms with van der Waals surface area (Å²) < 4.78 is 53.2. The molecule has 0 saturated carbocycles. The van der Waals surface area contributed by atoms with Crippen molar-refractivity contribution in [1.29, 1.82) is 0 Å². The summed E-state index contributed by atoms with van der Waals surface area (Å²) in [5.41, 5.74) is 0.684. The molecule has 1 aromatic heterocycles. The van der Waals surface area contributed by atoms with E-state index in [2.05, 4.69) is 14.7 Å². The quantitative estimate of drug-likeness (QED) is 0.593. The van der Waals surface area contributed by atoms with Crippen molar-refractivity contribution in [2.24, 2.45) is 0 Å². The van der Waals surface area contributed by atoms with Gasteiger partial charge in [-0.2, -0.15) is 8.78 Å². The summed E-state index contributed by atoms with van der Waals surface area (Å²) in [6, 6.07) is 0. The number of ketones is 1. The van der Waals surface area contributed by atoms with Crippen molar-refractivity contribution < 1.29 is 27.1 Å². The van der Waals surface area contributed by atoms with Gasteiger partial charge in [-0.25, -0.2) is 18.7 Å². The van der Waals surface area contributed by atoms with Crippen LogP contribution in [0, 0.1) is 6.92 Å². The molecule has 0 fully saturated rings. The lowest BCUT2D eigenvalue weighted by molar-refractivity contribution is -0.168. The van der Waals surface area contributed by atoms with Gasteiger partial charge in [-0.05, 0) is 13.8 Å². The van der Waals surface area contributed by atoms with Crippen LogP contribution in [0.2, 0.25) is 0 Å². The number of aromatic nitrogens is 2. The highest BCUT2D eigenvalue weighted by Crippen LogP contribution is 2.23. The molecule has 106 valence electrons. The zero-order valence-corrected chi connectivity index (χ0v) is 10.3. The normalized spacial score (nSPS) is 11.9. The van der Waals surface area contributed by atoms with Gasteiger partial charge in [0.1, 0.15) is 13.2 Å². The van der Waals surface area contributed by atoms with Crippen LogP contribution in [-0.2, 0) is 11.3 Å². The topological polar surface area (TPSA) is 52.1 Å². The number of hydrogen-bond donors (Lipinski definition) is 0. The largest absolute Gasteiger partial charge is 0.367 e. The van der Waals surface area contributed by atoms with Gasteiger partial charge in [-0.1, -0.05) is 0 Å². The molecule has 4 nitrogen and oxygen atoms in total. The first-order chi connectivity index (χ1) is 8.74. The van der Waals surface area contributed by atoms with Crippen LogP contribution in [0.1, 0.15) is 28.8 Å². The van der Waals surface area contributed by atoms with E-state index in [1.54, 1.807) is 6.92 Å². The molecule has 1 aromatic rings. The highest BCUT2D eigenvalue weighted by molar-refractivity contribution is 5.94. The molecule has 0 spiro atoms. The minimum absolute atomic E-state index is 0.0487. The Labute approximate surface area is 106 Å². The second-order valence-electron chi connectivity index (χ2n) is 3.90. The minimum atomic E-state index is -4.20. The Kier molecular flexibility index (Phi) is 4.93. The molecule has 1 heterocycles. The number of carbonyl (C=O) groups excluding carboxylic acids is 1. The first-order valence-corrected chi connectivity index (χ1v) is 5.31. The molecule has 0 aliphatic heterocycles. The van der Waals surface area contributed by atoms with Crippen LogP contribution in [0.3, 0.4) is 0 Å². The van der Waals surface area contributed by atoms with Gasteiger partial charge in [-0.15, -0.1) is 0 Å². The smallest absolute Gasteiger partial charge is 0.330 e. The molecule has 8 heteroatoms. The number of Topliss-reactive ketones (excluding diaryl/α,β-unsaturated/α-hetero) is 1. The first-order valence-electron chi connectivity index (χ1n) is 5.31. The number of aryl methyl sites for hydroxylation is 1. The monoisotopic (exact) mass is 280 g/mol. The summed E-state index contributed by atoms with van der Waals surface area (Å²) in [5.74, 6) is -4.38. The molecule has 0 aliphatic carbocycles. The SMILES string of the molecule is CC(=O)c1cnc(COCC(F)(F)C(F)F)nc1C. The third kappa shape index (κ3) is 4.23. The van der Waals surface area contributed by atoms with E-state index in [9.17, 15) is 22.4 Å². The Hall–Kier alpha value is -1.57. The number of nitrogens with zero attached hydrogens (tertiary/aromatic N) is 2. The van der Waals surface area contributed by atoms with Crippen molar-refractivity contribution in [3.8, 4) is 0 Å². The standard InChI is InChI=1S/C11H12F4N2O2/c1-6-8(7(2)18)3-16-9(17-6)4-19-5-11(14,15)10(12)13/h3,10H,4-5H2,1-2H3. The zero-order valence-electron chi connectivity index (χ0n) is 10.3. The lowest BCUT2D eigenvalue weighted by Gasteiger charge is -2.14. The van der Waals surface area contributed by atoms with Crippen LogP contribution in [0.25, 0.3) is 0 Å². The fourth-order valence-corrected chi connectivity index (χ4v) is 1.27. The van der Waals surface area contributed by atoms with Crippen molar-refractivity contribution >= 4 is 5.78 Å². The van der Waals surface area contributed by atoms with E-state index < -0.39 is 25.6 Å². The van der Waals surface area contributed by atoms with Crippen LogP contribution in [0.5, 0.6) is 0 Å². The lowest BCUT2D eigenvalue weighted by Crippen LogP contribution is -2.32. The van der Waals surface area contributed by atoms with Crippen LogP contribution in [0.4, 0.5) is 17.6 Å². The average molecular weight is 280 g/mol. The highest BCUT2D eigenvalue weighted by atomic mass is 19.3. The maximum Gasteiger partial charge on any atom is 0.330 e. The van der Waals surface area contributed by atoms with E-state index in [1.165, 1.54) is 13.1 Å². The fourth-order valence-electron chi connectivity index (χ4n) is 1.27. The van der Waals surface area contributed by atoms with Crippen molar-refractivity contribution in [2.45, 2.75) is 32.8 Å². The molecule has 0 aliphatic rings. The van der Waals surface area contributed by atoms with Crippen molar-refractivity contribution in [3.05, 3.63) is 23.3 Å². The summed E-state index contributed by atoms with van der Waals surface area (Å²) in [4.78, 5) is 18.7. The number of hydrogen-bond acceptors (Lipinski definition) is 4. The van der Waals surface area contributed by atoms with Crippen LogP contribution in [-0.4, -0.2) is 34.7 Å². The summed E-state index contributed by atoms with van der Waals surface area (Å²) in [7, 11) is 0. The second-order valence-corrected chi connectivity index (χ2v) is 3.90. The molecule has 0 atom stereocenters. The van der Waals surface area contributed by atoms with Crippen LogP contribution >= 0.6 is 0 Å². The summed E-state index contributed by atoms with van der Waals surface area (Å²) in [6.07, 6.45) is -2.54. The Morgan fingerprint density at radius 2 is 2.11 bits per heavy atom. The second kappa shape index (κ2) is 6.05. The van der Waals surface area contributed by atoms with E-state index >= 15 is 0 Å². The molecular formula is C11H12F4N2O2. The van der Waals surface area contributed by atoms with E-state index in [0.29, 0.717) is 11.3 Å². The number of ether oxygens (including phenoxy) is 1. The van der Waals surface area contributed by atoms with E-state index in [-0.39, 0.29) is 11.6 Å². The maximum absolute atomic E-state index is 12.5.